The van der Waals surface area contributed by atoms with E-state index in [4.69, 9.17) is 16.3 Å². The van der Waals surface area contributed by atoms with Crippen molar-refractivity contribution in [1.29, 1.82) is 0 Å². The van der Waals surface area contributed by atoms with E-state index in [0.29, 0.717) is 6.61 Å². The Hall–Kier alpha value is -2.60. The molecule has 2 aromatic rings. The predicted octanol–water partition coefficient (Wildman–Crippen LogP) is 3.13. The third-order valence-corrected chi connectivity index (χ3v) is 3.36. The number of benzene rings is 2. The average Bonchev–Trinajstić information content (AvgIpc) is 2.57. The van der Waals surface area contributed by atoms with Crippen LogP contribution in [0.5, 0.6) is 5.75 Å². The highest BCUT2D eigenvalue weighted by molar-refractivity contribution is 6.39. The molecule has 126 valence electrons. The van der Waals surface area contributed by atoms with Gasteiger partial charge in [0, 0.05) is 12.2 Å². The van der Waals surface area contributed by atoms with Gasteiger partial charge in [-0.3, -0.25) is 9.59 Å². The van der Waals surface area contributed by atoms with E-state index in [9.17, 15) is 14.0 Å². The molecule has 2 N–H and O–H groups in total. The molecule has 0 aliphatic carbocycles. The van der Waals surface area contributed by atoms with Crippen molar-refractivity contribution in [3.63, 3.8) is 0 Å². The number of carbonyl (C=O) groups is 2. The van der Waals surface area contributed by atoms with Gasteiger partial charge in [-0.25, -0.2) is 4.39 Å². The summed E-state index contributed by atoms with van der Waals surface area (Å²) in [5.74, 6) is -1.53. The Morgan fingerprint density at radius 2 is 1.83 bits per heavy atom. The molecule has 0 saturated carbocycles. The first kappa shape index (κ1) is 17.7. The van der Waals surface area contributed by atoms with E-state index >= 15 is 0 Å². The van der Waals surface area contributed by atoms with Gasteiger partial charge in [0.2, 0.25) is 0 Å². The van der Waals surface area contributed by atoms with Crippen molar-refractivity contribution in [3.8, 4) is 5.75 Å². The second-order valence-electron chi connectivity index (χ2n) is 4.84. The van der Waals surface area contributed by atoms with E-state index < -0.39 is 17.6 Å². The van der Waals surface area contributed by atoms with Gasteiger partial charge < -0.3 is 15.4 Å². The summed E-state index contributed by atoms with van der Waals surface area (Å²) in [5.41, 5.74) is 1.06. The number of carbonyl (C=O) groups excluding carboxylic acids is 2. The quantitative estimate of drug-likeness (QED) is 0.814. The lowest BCUT2D eigenvalue weighted by molar-refractivity contribution is -0.136. The van der Waals surface area contributed by atoms with Gasteiger partial charge in [0.1, 0.15) is 11.6 Å². The van der Waals surface area contributed by atoms with Crippen LogP contribution in [0.25, 0.3) is 0 Å². The molecule has 0 saturated heterocycles. The molecule has 0 unspecified atom stereocenters. The molecule has 0 aromatic heterocycles. The predicted molar refractivity (Wildman–Crippen MR) is 89.5 cm³/mol. The number of anilines is 1. The summed E-state index contributed by atoms with van der Waals surface area (Å²) >= 11 is 5.62. The maximum Gasteiger partial charge on any atom is 0.313 e. The molecule has 0 aliphatic heterocycles. The Labute approximate surface area is 143 Å². The van der Waals surface area contributed by atoms with E-state index in [-0.39, 0.29) is 17.3 Å². The first-order valence-electron chi connectivity index (χ1n) is 7.25. The lowest BCUT2D eigenvalue weighted by Gasteiger charge is -2.08. The van der Waals surface area contributed by atoms with Gasteiger partial charge in [-0.1, -0.05) is 23.7 Å². The highest BCUT2D eigenvalue weighted by Crippen LogP contribution is 2.19. The van der Waals surface area contributed by atoms with Crippen molar-refractivity contribution in [2.24, 2.45) is 0 Å². The van der Waals surface area contributed by atoms with E-state index in [1.54, 1.807) is 24.3 Å². The Balaban J connectivity index is 1.87. The summed E-state index contributed by atoms with van der Waals surface area (Å²) in [7, 11) is 0. The van der Waals surface area contributed by atoms with E-state index in [2.05, 4.69) is 10.6 Å². The number of ether oxygens (including phenoxy) is 1. The molecule has 0 bridgehead atoms. The van der Waals surface area contributed by atoms with Gasteiger partial charge in [0.05, 0.1) is 11.6 Å². The van der Waals surface area contributed by atoms with Crippen molar-refractivity contribution < 1.29 is 18.7 Å². The number of halogens is 2. The van der Waals surface area contributed by atoms with Crippen LogP contribution in [0.2, 0.25) is 5.02 Å². The summed E-state index contributed by atoms with van der Waals surface area (Å²) < 4.78 is 18.4. The molecule has 2 rings (SSSR count). The van der Waals surface area contributed by atoms with Crippen LogP contribution >= 0.6 is 11.6 Å². The minimum Gasteiger partial charge on any atom is -0.494 e. The van der Waals surface area contributed by atoms with E-state index in [1.807, 2.05) is 6.92 Å². The monoisotopic (exact) mass is 350 g/mol. The fourth-order valence-corrected chi connectivity index (χ4v) is 2.08. The van der Waals surface area contributed by atoms with Crippen molar-refractivity contribution >= 4 is 29.1 Å². The fraction of sp³-hybridized carbons (Fsp3) is 0.176. The van der Waals surface area contributed by atoms with E-state index in [1.165, 1.54) is 12.1 Å². The number of hydrogen-bond acceptors (Lipinski definition) is 3. The third kappa shape index (κ3) is 4.96. The Kier molecular flexibility index (Phi) is 6.14. The lowest BCUT2D eigenvalue weighted by atomic mass is 10.2. The van der Waals surface area contributed by atoms with Crippen LogP contribution < -0.4 is 15.4 Å². The van der Waals surface area contributed by atoms with Gasteiger partial charge in [0.25, 0.3) is 0 Å². The standard InChI is InChI=1S/C17H16ClFN2O3/c1-2-24-13-6-3-11(4-7-13)10-20-16(22)17(23)21-12-5-8-15(19)14(18)9-12/h3-9H,2,10H2,1H3,(H,20,22)(H,21,23). The van der Waals surface area contributed by atoms with Crippen molar-refractivity contribution in [2.45, 2.75) is 13.5 Å². The molecule has 7 heteroatoms. The molecule has 5 nitrogen and oxygen atoms in total. The molecule has 0 aliphatic rings. The molecule has 0 radical (unpaired) electrons. The molecule has 0 atom stereocenters. The van der Waals surface area contributed by atoms with Gasteiger partial charge in [-0.2, -0.15) is 0 Å². The maximum absolute atomic E-state index is 13.0. The second-order valence-corrected chi connectivity index (χ2v) is 5.25. The zero-order valence-corrected chi connectivity index (χ0v) is 13.7. The zero-order valence-electron chi connectivity index (χ0n) is 12.9. The molecule has 0 spiro atoms. The summed E-state index contributed by atoms with van der Waals surface area (Å²) in [6.07, 6.45) is 0. The molecular formula is C17H16ClFN2O3. The topological polar surface area (TPSA) is 67.4 Å². The second kappa shape index (κ2) is 8.31. The Morgan fingerprint density at radius 1 is 1.12 bits per heavy atom. The number of rotatable bonds is 5. The number of nitrogens with one attached hydrogen (secondary N) is 2. The SMILES string of the molecule is CCOc1ccc(CNC(=O)C(=O)Nc2ccc(F)c(Cl)c2)cc1. The first-order chi connectivity index (χ1) is 11.5. The van der Waals surface area contributed by atoms with Crippen LogP contribution in [0.1, 0.15) is 12.5 Å². The summed E-state index contributed by atoms with van der Waals surface area (Å²) in [4.78, 5) is 23.6. The van der Waals surface area contributed by atoms with Crippen LogP contribution in [0, 0.1) is 5.82 Å². The van der Waals surface area contributed by atoms with Crippen LogP contribution in [-0.2, 0) is 16.1 Å². The van der Waals surface area contributed by atoms with Crippen LogP contribution in [0.15, 0.2) is 42.5 Å². The Morgan fingerprint density at radius 3 is 2.46 bits per heavy atom. The molecular weight excluding hydrogens is 335 g/mol. The first-order valence-corrected chi connectivity index (χ1v) is 7.63. The van der Waals surface area contributed by atoms with Crippen molar-refractivity contribution in [3.05, 3.63) is 58.9 Å². The van der Waals surface area contributed by atoms with Gasteiger partial charge in [-0.05, 0) is 42.8 Å². The number of amides is 2. The highest BCUT2D eigenvalue weighted by atomic mass is 35.5. The highest BCUT2D eigenvalue weighted by Gasteiger charge is 2.14. The van der Waals surface area contributed by atoms with Gasteiger partial charge in [0.15, 0.2) is 0 Å². The van der Waals surface area contributed by atoms with Gasteiger partial charge in [-0.15, -0.1) is 0 Å². The average molecular weight is 351 g/mol. The molecule has 2 aromatic carbocycles. The normalized spacial score (nSPS) is 10.1. The van der Waals surface area contributed by atoms with E-state index in [0.717, 1.165) is 17.4 Å². The minimum absolute atomic E-state index is 0.136. The molecule has 0 fully saturated rings. The minimum atomic E-state index is -0.858. The van der Waals surface area contributed by atoms with Crippen LogP contribution in [0.4, 0.5) is 10.1 Å². The fourth-order valence-electron chi connectivity index (χ4n) is 1.89. The summed E-state index contributed by atoms with van der Waals surface area (Å²) in [6, 6.07) is 10.8. The van der Waals surface area contributed by atoms with Crippen LogP contribution in [-0.4, -0.2) is 18.4 Å². The zero-order chi connectivity index (χ0) is 17.5. The van der Waals surface area contributed by atoms with Crippen LogP contribution in [0.3, 0.4) is 0 Å². The van der Waals surface area contributed by atoms with Crippen molar-refractivity contribution in [1.82, 2.24) is 5.32 Å². The molecule has 0 heterocycles. The van der Waals surface area contributed by atoms with Gasteiger partial charge >= 0.3 is 11.8 Å². The maximum atomic E-state index is 13.0. The van der Waals surface area contributed by atoms with Crippen molar-refractivity contribution in [2.75, 3.05) is 11.9 Å². The lowest BCUT2D eigenvalue weighted by Crippen LogP contribution is -2.34. The number of hydrogen-bond donors (Lipinski definition) is 2. The molecule has 2 amide bonds. The summed E-state index contributed by atoms with van der Waals surface area (Å²) in [5, 5.41) is 4.71. The largest absolute Gasteiger partial charge is 0.494 e. The summed E-state index contributed by atoms with van der Waals surface area (Å²) in [6.45, 7) is 2.66. The molecule has 24 heavy (non-hydrogen) atoms. The Bertz CT molecular complexity index is 735. The smallest absolute Gasteiger partial charge is 0.313 e. The third-order valence-electron chi connectivity index (χ3n) is 3.07.